The van der Waals surface area contributed by atoms with E-state index in [-0.39, 0.29) is 23.7 Å². The molecule has 2 aromatic rings. The molecule has 2 atom stereocenters. The third kappa shape index (κ3) is 5.84. The molecule has 0 N–H and O–H groups in total. The summed E-state index contributed by atoms with van der Waals surface area (Å²) in [6.45, 7) is 6.35. The van der Waals surface area contributed by atoms with Crippen molar-refractivity contribution in [3.8, 4) is 0 Å². The van der Waals surface area contributed by atoms with Crippen LogP contribution in [-0.4, -0.2) is 54.5 Å². The first-order valence-electron chi connectivity index (χ1n) is 11.1. The van der Waals surface area contributed by atoms with E-state index < -0.39 is 0 Å². The van der Waals surface area contributed by atoms with Crippen LogP contribution in [0.1, 0.15) is 41.9 Å². The number of halogens is 2. The number of benzene rings is 2. The molecular formula is C25H30FIN2O2. The Hall–Kier alpha value is -1.51. The van der Waals surface area contributed by atoms with Gasteiger partial charge in [0, 0.05) is 22.6 Å². The maximum absolute atomic E-state index is 13.7. The lowest BCUT2D eigenvalue weighted by atomic mass is 9.85. The SMILES string of the molecule is Cc1cc(F)ccc1C1CN(C(=O)CN2CCCC2)CCC1OCc1ccc(I)cc1. The van der Waals surface area contributed by atoms with Gasteiger partial charge < -0.3 is 9.64 Å². The average molecular weight is 536 g/mol. The van der Waals surface area contributed by atoms with E-state index in [1.165, 1.54) is 22.5 Å². The lowest BCUT2D eigenvalue weighted by molar-refractivity contribution is -0.135. The summed E-state index contributed by atoms with van der Waals surface area (Å²) >= 11 is 2.30. The molecule has 2 fully saturated rings. The number of likely N-dealkylation sites (tertiary alicyclic amines) is 2. The fraction of sp³-hybridized carbons (Fsp3) is 0.480. The fourth-order valence-corrected chi connectivity index (χ4v) is 5.09. The highest BCUT2D eigenvalue weighted by Gasteiger charge is 2.34. The second-order valence-corrected chi connectivity index (χ2v) is 9.94. The summed E-state index contributed by atoms with van der Waals surface area (Å²) in [5.41, 5.74) is 3.14. The summed E-state index contributed by atoms with van der Waals surface area (Å²) in [6.07, 6.45) is 3.15. The molecule has 0 radical (unpaired) electrons. The van der Waals surface area contributed by atoms with Crippen molar-refractivity contribution < 1.29 is 13.9 Å². The predicted octanol–water partition coefficient (Wildman–Crippen LogP) is 4.74. The molecule has 2 saturated heterocycles. The normalized spacial score (nSPS) is 22.1. The number of carbonyl (C=O) groups is 1. The average Bonchev–Trinajstić information content (AvgIpc) is 3.26. The number of nitrogens with zero attached hydrogens (tertiary/aromatic N) is 2. The van der Waals surface area contributed by atoms with Crippen molar-refractivity contribution in [1.82, 2.24) is 9.80 Å². The molecule has 2 aromatic carbocycles. The molecule has 2 unspecified atom stereocenters. The summed E-state index contributed by atoms with van der Waals surface area (Å²) in [4.78, 5) is 17.2. The van der Waals surface area contributed by atoms with Crippen LogP contribution in [0, 0.1) is 16.3 Å². The van der Waals surface area contributed by atoms with Crippen molar-refractivity contribution in [2.24, 2.45) is 0 Å². The molecule has 0 bridgehead atoms. The molecule has 2 aliphatic rings. The van der Waals surface area contributed by atoms with E-state index in [4.69, 9.17) is 4.74 Å². The number of rotatable bonds is 6. The van der Waals surface area contributed by atoms with Crippen LogP contribution < -0.4 is 0 Å². The minimum Gasteiger partial charge on any atom is -0.373 e. The maximum atomic E-state index is 13.7. The predicted molar refractivity (Wildman–Crippen MR) is 128 cm³/mol. The van der Waals surface area contributed by atoms with Crippen LogP contribution in [0.25, 0.3) is 0 Å². The summed E-state index contributed by atoms with van der Waals surface area (Å²) in [6, 6.07) is 13.3. The van der Waals surface area contributed by atoms with Crippen LogP contribution >= 0.6 is 22.6 Å². The van der Waals surface area contributed by atoms with Gasteiger partial charge in [0.15, 0.2) is 0 Å². The molecule has 1 amide bonds. The Kier molecular flexibility index (Phi) is 7.61. The summed E-state index contributed by atoms with van der Waals surface area (Å²) < 4.78 is 21.3. The molecular weight excluding hydrogens is 506 g/mol. The van der Waals surface area contributed by atoms with Crippen molar-refractivity contribution in [3.05, 3.63) is 68.5 Å². The van der Waals surface area contributed by atoms with Gasteiger partial charge in [-0.2, -0.15) is 0 Å². The molecule has 31 heavy (non-hydrogen) atoms. The standard InChI is InChI=1S/C25H30FIN2O2/c1-18-14-20(26)6-9-22(18)23-15-29(25(30)16-28-11-2-3-12-28)13-10-24(23)31-17-19-4-7-21(27)8-5-19/h4-9,14,23-24H,2-3,10-13,15-17H2,1H3. The Morgan fingerprint density at radius 3 is 2.58 bits per heavy atom. The topological polar surface area (TPSA) is 32.8 Å². The summed E-state index contributed by atoms with van der Waals surface area (Å²) in [5, 5.41) is 0. The lowest BCUT2D eigenvalue weighted by Crippen LogP contribution is -2.48. The van der Waals surface area contributed by atoms with Crippen molar-refractivity contribution in [3.63, 3.8) is 0 Å². The van der Waals surface area contributed by atoms with Gasteiger partial charge in [0.05, 0.1) is 19.3 Å². The third-order valence-electron chi connectivity index (χ3n) is 6.47. The van der Waals surface area contributed by atoms with Gasteiger partial charge in [0.1, 0.15) is 5.82 Å². The van der Waals surface area contributed by atoms with Crippen LogP contribution in [0.2, 0.25) is 0 Å². The first-order chi connectivity index (χ1) is 15.0. The Bertz CT molecular complexity index is 899. The molecule has 4 nitrogen and oxygen atoms in total. The zero-order valence-electron chi connectivity index (χ0n) is 18.0. The highest BCUT2D eigenvalue weighted by molar-refractivity contribution is 14.1. The Labute approximate surface area is 197 Å². The molecule has 6 heteroatoms. The van der Waals surface area contributed by atoms with Crippen LogP contribution in [0.3, 0.4) is 0 Å². The van der Waals surface area contributed by atoms with Crippen LogP contribution in [0.4, 0.5) is 4.39 Å². The second kappa shape index (κ2) is 10.4. The first kappa shape index (κ1) is 22.7. The fourth-order valence-electron chi connectivity index (χ4n) is 4.73. The molecule has 0 aromatic heterocycles. The largest absolute Gasteiger partial charge is 0.373 e. The minimum absolute atomic E-state index is 0.000670. The molecule has 166 valence electrons. The minimum atomic E-state index is -0.226. The Balaban J connectivity index is 1.48. The van der Waals surface area contributed by atoms with E-state index in [0.717, 1.165) is 36.2 Å². The van der Waals surface area contributed by atoms with Crippen LogP contribution in [0.15, 0.2) is 42.5 Å². The van der Waals surface area contributed by atoms with E-state index >= 15 is 0 Å². The van der Waals surface area contributed by atoms with Crippen LogP contribution in [-0.2, 0) is 16.1 Å². The molecule has 0 aliphatic carbocycles. The molecule has 2 aliphatic heterocycles. The zero-order valence-corrected chi connectivity index (χ0v) is 20.2. The molecule has 0 saturated carbocycles. The van der Waals surface area contributed by atoms with E-state index in [1.54, 1.807) is 6.07 Å². The van der Waals surface area contributed by atoms with Gasteiger partial charge in [0.2, 0.25) is 5.91 Å². The maximum Gasteiger partial charge on any atom is 0.236 e. The van der Waals surface area contributed by atoms with E-state index in [9.17, 15) is 9.18 Å². The van der Waals surface area contributed by atoms with Crippen molar-refractivity contribution in [2.75, 3.05) is 32.7 Å². The number of piperidine rings is 1. The second-order valence-electron chi connectivity index (χ2n) is 8.70. The Morgan fingerprint density at radius 2 is 1.87 bits per heavy atom. The number of carbonyl (C=O) groups excluding carboxylic acids is 1. The van der Waals surface area contributed by atoms with E-state index in [0.29, 0.717) is 26.2 Å². The summed E-state index contributed by atoms with van der Waals surface area (Å²) in [5.74, 6) is 0.0128. The molecule has 4 rings (SSSR count). The van der Waals surface area contributed by atoms with Gasteiger partial charge in [-0.05, 0) is 103 Å². The number of hydrogen-bond donors (Lipinski definition) is 0. The van der Waals surface area contributed by atoms with Gasteiger partial charge in [-0.1, -0.05) is 18.2 Å². The van der Waals surface area contributed by atoms with Gasteiger partial charge in [-0.15, -0.1) is 0 Å². The molecule has 2 heterocycles. The first-order valence-corrected chi connectivity index (χ1v) is 12.2. The van der Waals surface area contributed by atoms with E-state index in [2.05, 4.69) is 51.8 Å². The number of hydrogen-bond acceptors (Lipinski definition) is 3. The van der Waals surface area contributed by atoms with Gasteiger partial charge in [-0.3, -0.25) is 9.69 Å². The van der Waals surface area contributed by atoms with Crippen molar-refractivity contribution in [1.29, 1.82) is 0 Å². The van der Waals surface area contributed by atoms with E-state index in [1.807, 2.05) is 17.9 Å². The zero-order chi connectivity index (χ0) is 21.8. The monoisotopic (exact) mass is 536 g/mol. The van der Waals surface area contributed by atoms with Crippen molar-refractivity contribution >= 4 is 28.5 Å². The lowest BCUT2D eigenvalue weighted by Gasteiger charge is -2.40. The number of amides is 1. The smallest absolute Gasteiger partial charge is 0.236 e. The van der Waals surface area contributed by atoms with Gasteiger partial charge in [-0.25, -0.2) is 4.39 Å². The van der Waals surface area contributed by atoms with Crippen LogP contribution in [0.5, 0.6) is 0 Å². The molecule has 0 spiro atoms. The quantitative estimate of drug-likeness (QED) is 0.501. The van der Waals surface area contributed by atoms with Gasteiger partial charge >= 0.3 is 0 Å². The highest BCUT2D eigenvalue weighted by Crippen LogP contribution is 2.33. The summed E-state index contributed by atoms with van der Waals surface area (Å²) in [7, 11) is 0. The van der Waals surface area contributed by atoms with Gasteiger partial charge in [0.25, 0.3) is 0 Å². The van der Waals surface area contributed by atoms with Crippen molar-refractivity contribution in [2.45, 2.75) is 44.8 Å². The Morgan fingerprint density at radius 1 is 1.13 bits per heavy atom. The highest BCUT2D eigenvalue weighted by atomic mass is 127. The third-order valence-corrected chi connectivity index (χ3v) is 7.19. The number of ether oxygens (including phenoxy) is 1. The number of aryl methyl sites for hydroxylation is 1.